The van der Waals surface area contributed by atoms with E-state index in [0.717, 1.165) is 6.42 Å². The van der Waals surface area contributed by atoms with Crippen molar-refractivity contribution in [3.8, 4) is 0 Å². The van der Waals surface area contributed by atoms with Gasteiger partial charge in [0.15, 0.2) is 0 Å². The number of sulfonamides is 1. The monoisotopic (exact) mass is 279 g/mol. The molecule has 0 aliphatic carbocycles. The highest BCUT2D eigenvalue weighted by atomic mass is 35.5. The van der Waals surface area contributed by atoms with Crippen LogP contribution in [0.3, 0.4) is 0 Å². The molecule has 0 bridgehead atoms. The van der Waals surface area contributed by atoms with E-state index in [9.17, 15) is 8.42 Å². The fourth-order valence-corrected chi connectivity index (χ4v) is 2.74. The molecule has 1 aromatic rings. The highest BCUT2D eigenvalue weighted by Gasteiger charge is 2.25. The minimum absolute atomic E-state index is 0.0426. The summed E-state index contributed by atoms with van der Waals surface area (Å²) in [5.41, 5.74) is 0. The van der Waals surface area contributed by atoms with Crippen molar-refractivity contribution in [1.82, 2.24) is 4.31 Å². The van der Waals surface area contributed by atoms with Gasteiger partial charge in [-0.15, -0.1) is 11.6 Å². The lowest BCUT2D eigenvalue weighted by Crippen LogP contribution is -2.30. The van der Waals surface area contributed by atoms with Gasteiger partial charge in [0.1, 0.15) is 5.76 Å². The minimum Gasteiger partial charge on any atom is -0.447 e. The van der Waals surface area contributed by atoms with E-state index >= 15 is 0 Å². The molecule has 0 fully saturated rings. The topological polar surface area (TPSA) is 50.5 Å². The molecule has 0 radical (unpaired) electrons. The maximum atomic E-state index is 12.1. The van der Waals surface area contributed by atoms with Crippen molar-refractivity contribution in [1.29, 1.82) is 0 Å². The lowest BCUT2D eigenvalue weighted by Gasteiger charge is -2.18. The standard InChI is InChI=1S/C11H18ClNO3S/c1-4-9(2)8-13(3)17(14,15)11-6-5-10(7-12)16-11/h5-6,9H,4,7-8H2,1-3H3. The van der Waals surface area contributed by atoms with Gasteiger partial charge in [-0.2, -0.15) is 4.31 Å². The Kier molecular flexibility index (Phi) is 5.04. The molecule has 0 aliphatic rings. The molecule has 0 aromatic carbocycles. The number of rotatable bonds is 6. The Hall–Kier alpha value is -0.520. The Bertz CT molecular complexity index is 455. The molecule has 0 saturated carbocycles. The van der Waals surface area contributed by atoms with Gasteiger partial charge in [0.2, 0.25) is 5.09 Å². The van der Waals surface area contributed by atoms with Crippen molar-refractivity contribution < 1.29 is 12.8 Å². The van der Waals surface area contributed by atoms with E-state index in [1.807, 2.05) is 13.8 Å². The lowest BCUT2D eigenvalue weighted by molar-refractivity contribution is 0.365. The number of alkyl halides is 1. The Morgan fingerprint density at radius 1 is 1.47 bits per heavy atom. The van der Waals surface area contributed by atoms with Crippen LogP contribution >= 0.6 is 11.6 Å². The number of halogens is 1. The van der Waals surface area contributed by atoms with Crippen LogP contribution in [0.2, 0.25) is 0 Å². The number of hydrogen-bond donors (Lipinski definition) is 0. The fraction of sp³-hybridized carbons (Fsp3) is 0.636. The predicted molar refractivity (Wildman–Crippen MR) is 67.5 cm³/mol. The first kappa shape index (κ1) is 14.5. The molecule has 0 amide bonds. The van der Waals surface area contributed by atoms with Crippen LogP contribution in [0.5, 0.6) is 0 Å². The summed E-state index contributed by atoms with van der Waals surface area (Å²) in [6, 6.07) is 3.02. The fourth-order valence-electron chi connectivity index (χ4n) is 1.39. The van der Waals surface area contributed by atoms with Gasteiger partial charge in [0.25, 0.3) is 10.0 Å². The van der Waals surface area contributed by atoms with Crippen LogP contribution in [0, 0.1) is 5.92 Å². The molecule has 17 heavy (non-hydrogen) atoms. The zero-order chi connectivity index (χ0) is 13.1. The smallest absolute Gasteiger partial charge is 0.276 e. The van der Waals surface area contributed by atoms with Crippen molar-refractivity contribution in [3.63, 3.8) is 0 Å². The number of furan rings is 1. The SMILES string of the molecule is CCC(C)CN(C)S(=O)(=O)c1ccc(CCl)o1. The summed E-state index contributed by atoms with van der Waals surface area (Å²) in [6.45, 7) is 4.53. The summed E-state index contributed by atoms with van der Waals surface area (Å²) < 4.78 is 30.7. The minimum atomic E-state index is -3.53. The largest absolute Gasteiger partial charge is 0.447 e. The summed E-state index contributed by atoms with van der Waals surface area (Å²) >= 11 is 5.57. The molecular weight excluding hydrogens is 262 g/mol. The van der Waals surface area contributed by atoms with Gasteiger partial charge in [0.05, 0.1) is 5.88 Å². The summed E-state index contributed by atoms with van der Waals surface area (Å²) in [5, 5.41) is -0.0426. The third-order valence-electron chi connectivity index (χ3n) is 2.70. The Morgan fingerprint density at radius 3 is 2.59 bits per heavy atom. The van der Waals surface area contributed by atoms with Crippen LogP contribution in [-0.4, -0.2) is 26.3 Å². The molecule has 0 aliphatic heterocycles. The average Bonchev–Trinajstić information content (AvgIpc) is 2.77. The van der Waals surface area contributed by atoms with Crippen molar-refractivity contribution in [2.75, 3.05) is 13.6 Å². The second-order valence-corrected chi connectivity index (χ2v) is 6.40. The third-order valence-corrected chi connectivity index (χ3v) is 4.66. The van der Waals surface area contributed by atoms with Crippen LogP contribution in [0.25, 0.3) is 0 Å². The summed E-state index contributed by atoms with van der Waals surface area (Å²) in [6.07, 6.45) is 0.935. The maximum absolute atomic E-state index is 12.1. The number of nitrogens with zero attached hydrogens (tertiary/aromatic N) is 1. The summed E-state index contributed by atoms with van der Waals surface area (Å²) in [5.74, 6) is 0.948. The molecule has 0 N–H and O–H groups in total. The van der Waals surface area contributed by atoms with Crippen LogP contribution in [0.15, 0.2) is 21.6 Å². The first-order valence-electron chi connectivity index (χ1n) is 5.52. The zero-order valence-electron chi connectivity index (χ0n) is 10.3. The van der Waals surface area contributed by atoms with Gasteiger partial charge in [0, 0.05) is 13.6 Å². The second-order valence-electron chi connectivity index (χ2n) is 4.15. The molecule has 6 heteroatoms. The van der Waals surface area contributed by atoms with Gasteiger partial charge in [-0.05, 0) is 18.1 Å². The van der Waals surface area contributed by atoms with E-state index in [1.54, 1.807) is 13.1 Å². The van der Waals surface area contributed by atoms with Crippen LogP contribution < -0.4 is 0 Å². The van der Waals surface area contributed by atoms with Gasteiger partial charge in [-0.25, -0.2) is 8.42 Å². The molecule has 98 valence electrons. The molecule has 1 heterocycles. The molecular formula is C11H18ClNO3S. The normalized spacial score (nSPS) is 14.2. The van der Waals surface area contributed by atoms with E-state index in [2.05, 4.69) is 0 Å². The van der Waals surface area contributed by atoms with E-state index in [4.69, 9.17) is 16.0 Å². The first-order valence-corrected chi connectivity index (χ1v) is 7.50. The van der Waals surface area contributed by atoms with Crippen LogP contribution in [0.4, 0.5) is 0 Å². The maximum Gasteiger partial charge on any atom is 0.276 e. The molecule has 0 saturated heterocycles. The van der Waals surface area contributed by atoms with Gasteiger partial charge in [-0.1, -0.05) is 20.3 Å². The molecule has 4 nitrogen and oxygen atoms in total. The summed E-state index contributed by atoms with van der Waals surface area (Å²) in [4.78, 5) is 0. The van der Waals surface area contributed by atoms with Gasteiger partial charge < -0.3 is 4.42 Å². The zero-order valence-corrected chi connectivity index (χ0v) is 11.9. The Balaban J connectivity index is 2.87. The molecule has 1 unspecified atom stereocenters. The molecule has 0 spiro atoms. The Labute approximate surface area is 108 Å². The van der Waals surface area contributed by atoms with Crippen molar-refractivity contribution in [2.24, 2.45) is 5.92 Å². The van der Waals surface area contributed by atoms with Crippen LogP contribution in [-0.2, 0) is 15.9 Å². The van der Waals surface area contributed by atoms with E-state index in [1.165, 1.54) is 10.4 Å². The lowest BCUT2D eigenvalue weighted by atomic mass is 10.1. The van der Waals surface area contributed by atoms with Crippen LogP contribution in [0.1, 0.15) is 26.0 Å². The second kappa shape index (κ2) is 5.89. The van der Waals surface area contributed by atoms with Crippen molar-refractivity contribution >= 4 is 21.6 Å². The quantitative estimate of drug-likeness (QED) is 0.752. The first-order chi connectivity index (χ1) is 7.91. The van der Waals surface area contributed by atoms with Gasteiger partial charge >= 0.3 is 0 Å². The highest BCUT2D eigenvalue weighted by Crippen LogP contribution is 2.20. The number of hydrogen-bond acceptors (Lipinski definition) is 3. The predicted octanol–water partition coefficient (Wildman–Crippen LogP) is 2.69. The highest BCUT2D eigenvalue weighted by molar-refractivity contribution is 7.89. The third kappa shape index (κ3) is 3.47. The average molecular weight is 280 g/mol. The molecule has 1 rings (SSSR count). The summed E-state index contributed by atoms with van der Waals surface area (Å²) in [7, 11) is -1.97. The van der Waals surface area contributed by atoms with Crippen molar-refractivity contribution in [3.05, 3.63) is 17.9 Å². The van der Waals surface area contributed by atoms with E-state index in [-0.39, 0.29) is 11.0 Å². The Morgan fingerprint density at radius 2 is 2.12 bits per heavy atom. The van der Waals surface area contributed by atoms with Gasteiger partial charge in [-0.3, -0.25) is 0 Å². The molecule has 1 aromatic heterocycles. The van der Waals surface area contributed by atoms with E-state index < -0.39 is 10.0 Å². The van der Waals surface area contributed by atoms with E-state index in [0.29, 0.717) is 18.2 Å². The van der Waals surface area contributed by atoms with Crippen molar-refractivity contribution in [2.45, 2.75) is 31.2 Å². The molecule has 1 atom stereocenters.